The van der Waals surface area contributed by atoms with Gasteiger partial charge in [0.25, 0.3) is 5.91 Å². The maximum Gasteiger partial charge on any atom is 0.255 e. The summed E-state index contributed by atoms with van der Waals surface area (Å²) in [4.78, 5) is 28.2. The smallest absolute Gasteiger partial charge is 0.255 e. The predicted molar refractivity (Wildman–Crippen MR) is 133 cm³/mol. The maximum absolute atomic E-state index is 13.4. The van der Waals surface area contributed by atoms with Crippen LogP contribution in [-0.4, -0.2) is 50.6 Å². The molecule has 182 valence electrons. The summed E-state index contributed by atoms with van der Waals surface area (Å²) in [5.74, 6) is 1.37. The quantitative estimate of drug-likeness (QED) is 0.486. The summed E-state index contributed by atoms with van der Waals surface area (Å²) in [6.07, 6.45) is 0.966. The van der Waals surface area contributed by atoms with Gasteiger partial charge in [0, 0.05) is 30.6 Å². The number of hydrogen-bond donors (Lipinski definition) is 1. The monoisotopic (exact) mass is 474 g/mol. The molecule has 0 fully saturated rings. The molecule has 1 aliphatic heterocycles. The van der Waals surface area contributed by atoms with Crippen LogP contribution in [0.3, 0.4) is 0 Å². The van der Waals surface area contributed by atoms with Crippen LogP contribution in [0.2, 0.25) is 0 Å². The van der Waals surface area contributed by atoms with E-state index in [0.29, 0.717) is 48.7 Å². The first kappa shape index (κ1) is 24.1. The Balaban J connectivity index is 1.50. The van der Waals surface area contributed by atoms with Crippen LogP contribution in [0, 0.1) is 0 Å². The van der Waals surface area contributed by atoms with E-state index in [0.717, 1.165) is 16.7 Å². The Morgan fingerprint density at radius 1 is 0.914 bits per heavy atom. The zero-order valence-corrected chi connectivity index (χ0v) is 20.2. The number of nitrogens with one attached hydrogen (secondary N) is 1. The van der Waals surface area contributed by atoms with Gasteiger partial charge in [-0.25, -0.2) is 0 Å². The molecule has 2 amide bonds. The van der Waals surface area contributed by atoms with Crippen molar-refractivity contribution in [3.05, 3.63) is 89.0 Å². The number of rotatable bonds is 10. The Labute approximate surface area is 205 Å². The molecule has 0 radical (unpaired) electrons. The molecule has 7 nitrogen and oxygen atoms in total. The fraction of sp³-hybridized carbons (Fsp3) is 0.286. The van der Waals surface area contributed by atoms with Crippen LogP contribution >= 0.6 is 0 Å². The van der Waals surface area contributed by atoms with Gasteiger partial charge in [-0.3, -0.25) is 9.59 Å². The molecule has 3 aromatic rings. The third kappa shape index (κ3) is 5.09. The fourth-order valence-electron chi connectivity index (χ4n) is 4.51. The Morgan fingerprint density at radius 3 is 2.31 bits per heavy atom. The Kier molecular flexibility index (Phi) is 7.55. The van der Waals surface area contributed by atoms with Crippen LogP contribution in [0.15, 0.2) is 66.7 Å². The molecule has 0 aliphatic carbocycles. The number of fused-ring (bicyclic) bond motifs is 1. The SMILES string of the molecule is COc1ccc(CCNC(=O)[C@H](Cc2ccccc2)N2Cc3ccccc3C2=O)c(OC)c1OC. The second-order valence-electron chi connectivity index (χ2n) is 8.33. The van der Waals surface area contributed by atoms with Gasteiger partial charge in [0.2, 0.25) is 11.7 Å². The minimum Gasteiger partial charge on any atom is -0.493 e. The van der Waals surface area contributed by atoms with Crippen molar-refractivity contribution in [1.82, 2.24) is 10.2 Å². The van der Waals surface area contributed by atoms with Crippen LogP contribution in [0.1, 0.15) is 27.0 Å². The van der Waals surface area contributed by atoms with E-state index in [2.05, 4.69) is 5.32 Å². The lowest BCUT2D eigenvalue weighted by molar-refractivity contribution is -0.125. The summed E-state index contributed by atoms with van der Waals surface area (Å²) in [5.41, 5.74) is 3.49. The molecule has 35 heavy (non-hydrogen) atoms. The van der Waals surface area contributed by atoms with E-state index >= 15 is 0 Å². The lowest BCUT2D eigenvalue weighted by atomic mass is 10.0. The molecular formula is C28H30N2O5. The lowest BCUT2D eigenvalue weighted by Gasteiger charge is -2.27. The average molecular weight is 475 g/mol. The van der Waals surface area contributed by atoms with Crippen molar-refractivity contribution in [2.75, 3.05) is 27.9 Å². The highest BCUT2D eigenvalue weighted by Gasteiger charge is 2.36. The van der Waals surface area contributed by atoms with Gasteiger partial charge in [0.1, 0.15) is 6.04 Å². The van der Waals surface area contributed by atoms with Crippen molar-refractivity contribution in [3.8, 4) is 17.2 Å². The van der Waals surface area contributed by atoms with Gasteiger partial charge in [0.15, 0.2) is 11.5 Å². The van der Waals surface area contributed by atoms with Gasteiger partial charge in [-0.05, 0) is 29.7 Å². The number of benzene rings is 3. The molecule has 3 aromatic carbocycles. The topological polar surface area (TPSA) is 77.1 Å². The zero-order chi connectivity index (χ0) is 24.8. The number of ether oxygens (including phenoxy) is 3. The number of methoxy groups -OCH3 is 3. The molecule has 0 unspecified atom stereocenters. The number of carbonyl (C=O) groups excluding carboxylic acids is 2. The summed E-state index contributed by atoms with van der Waals surface area (Å²) in [5, 5.41) is 3.03. The first-order chi connectivity index (χ1) is 17.1. The van der Waals surface area contributed by atoms with Crippen molar-refractivity contribution < 1.29 is 23.8 Å². The van der Waals surface area contributed by atoms with Crippen LogP contribution < -0.4 is 19.5 Å². The van der Waals surface area contributed by atoms with Gasteiger partial charge < -0.3 is 24.4 Å². The average Bonchev–Trinajstić information content (AvgIpc) is 3.23. The summed E-state index contributed by atoms with van der Waals surface area (Å²) in [6.45, 7) is 0.800. The molecule has 7 heteroatoms. The predicted octanol–water partition coefficient (Wildman–Crippen LogP) is 3.64. The molecule has 0 aromatic heterocycles. The van der Waals surface area contributed by atoms with E-state index in [1.54, 1.807) is 26.2 Å². The highest BCUT2D eigenvalue weighted by atomic mass is 16.5. The van der Waals surface area contributed by atoms with Gasteiger partial charge in [-0.1, -0.05) is 54.6 Å². The first-order valence-corrected chi connectivity index (χ1v) is 11.6. The molecule has 1 aliphatic rings. The summed E-state index contributed by atoms with van der Waals surface area (Å²) < 4.78 is 16.4. The second-order valence-corrected chi connectivity index (χ2v) is 8.33. The third-order valence-corrected chi connectivity index (χ3v) is 6.28. The van der Waals surface area contributed by atoms with Crippen LogP contribution in [0.5, 0.6) is 17.2 Å². The summed E-state index contributed by atoms with van der Waals surface area (Å²) in [7, 11) is 4.71. The first-order valence-electron chi connectivity index (χ1n) is 11.6. The molecule has 1 heterocycles. The van der Waals surface area contributed by atoms with Crippen molar-refractivity contribution in [2.45, 2.75) is 25.4 Å². The van der Waals surface area contributed by atoms with Crippen molar-refractivity contribution in [2.24, 2.45) is 0 Å². The van der Waals surface area contributed by atoms with Gasteiger partial charge in [-0.2, -0.15) is 0 Å². The molecular weight excluding hydrogens is 444 g/mol. The van der Waals surface area contributed by atoms with Crippen molar-refractivity contribution in [3.63, 3.8) is 0 Å². The Bertz CT molecular complexity index is 1200. The maximum atomic E-state index is 13.4. The van der Waals surface area contributed by atoms with Gasteiger partial charge in [0.05, 0.1) is 21.3 Å². The van der Waals surface area contributed by atoms with E-state index in [1.807, 2.05) is 66.7 Å². The molecule has 0 saturated carbocycles. The molecule has 0 spiro atoms. The van der Waals surface area contributed by atoms with Crippen LogP contribution in [0.4, 0.5) is 0 Å². The fourth-order valence-corrected chi connectivity index (χ4v) is 4.51. The Morgan fingerprint density at radius 2 is 1.63 bits per heavy atom. The van der Waals surface area contributed by atoms with E-state index in [-0.39, 0.29) is 11.8 Å². The van der Waals surface area contributed by atoms with Crippen LogP contribution in [0.25, 0.3) is 0 Å². The van der Waals surface area contributed by atoms with Crippen LogP contribution in [-0.2, 0) is 24.2 Å². The standard InChI is InChI=1S/C28H30N2O5/c1-33-24-14-13-20(25(34-2)26(24)35-3)15-16-29-27(31)23(17-19-9-5-4-6-10-19)30-18-21-11-7-8-12-22(21)28(30)32/h4-14,23H,15-18H2,1-3H3,(H,29,31)/t23-/m0/s1. The van der Waals surface area contributed by atoms with E-state index in [1.165, 1.54) is 0 Å². The highest BCUT2D eigenvalue weighted by molar-refractivity contribution is 6.01. The second kappa shape index (κ2) is 11.0. The van der Waals surface area contributed by atoms with Gasteiger partial charge >= 0.3 is 0 Å². The minimum atomic E-state index is -0.621. The third-order valence-electron chi connectivity index (χ3n) is 6.28. The van der Waals surface area contributed by atoms with E-state index in [9.17, 15) is 9.59 Å². The molecule has 4 rings (SSSR count). The summed E-state index contributed by atoms with van der Waals surface area (Å²) >= 11 is 0. The number of carbonyl (C=O) groups is 2. The molecule has 1 N–H and O–H groups in total. The van der Waals surface area contributed by atoms with E-state index < -0.39 is 6.04 Å². The van der Waals surface area contributed by atoms with Gasteiger partial charge in [-0.15, -0.1) is 0 Å². The number of amides is 2. The highest BCUT2D eigenvalue weighted by Crippen LogP contribution is 2.39. The van der Waals surface area contributed by atoms with Crippen molar-refractivity contribution >= 4 is 11.8 Å². The minimum absolute atomic E-state index is 0.113. The zero-order valence-electron chi connectivity index (χ0n) is 20.2. The Hall–Kier alpha value is -4.00. The van der Waals surface area contributed by atoms with Crippen molar-refractivity contribution in [1.29, 1.82) is 0 Å². The molecule has 0 saturated heterocycles. The molecule has 1 atom stereocenters. The lowest BCUT2D eigenvalue weighted by Crippen LogP contribution is -2.48. The normalized spacial score (nSPS) is 13.2. The summed E-state index contributed by atoms with van der Waals surface area (Å²) in [6, 6.07) is 20.4. The van der Waals surface area contributed by atoms with E-state index in [4.69, 9.17) is 14.2 Å². The number of nitrogens with zero attached hydrogens (tertiary/aromatic N) is 1. The molecule has 0 bridgehead atoms. The largest absolute Gasteiger partial charge is 0.493 e. The number of hydrogen-bond acceptors (Lipinski definition) is 5.